The van der Waals surface area contributed by atoms with E-state index in [0.717, 1.165) is 0 Å². The Kier molecular flexibility index (Phi) is 3.83. The molecule has 0 heterocycles. The van der Waals surface area contributed by atoms with Gasteiger partial charge in [0.1, 0.15) is 17.9 Å². The largest absolute Gasteiger partial charge is 0.506 e. The molecule has 0 aromatic heterocycles. The summed E-state index contributed by atoms with van der Waals surface area (Å²) in [4.78, 5) is 22.6. The quantitative estimate of drug-likeness (QED) is 0.478. The van der Waals surface area contributed by atoms with Crippen molar-refractivity contribution in [1.29, 1.82) is 0 Å². The van der Waals surface area contributed by atoms with Crippen LogP contribution in [0.15, 0.2) is 30.9 Å². The molecule has 0 aliphatic rings. The first kappa shape index (κ1) is 12.0. The molecule has 0 aliphatic heterocycles. The van der Waals surface area contributed by atoms with E-state index in [1.165, 1.54) is 31.2 Å². The lowest BCUT2D eigenvalue weighted by molar-refractivity contribution is 0.0546. The van der Waals surface area contributed by atoms with Crippen molar-refractivity contribution in [1.82, 2.24) is 0 Å². The van der Waals surface area contributed by atoms with Crippen LogP contribution in [0.3, 0.4) is 0 Å². The van der Waals surface area contributed by atoms with Crippen molar-refractivity contribution >= 4 is 11.8 Å². The van der Waals surface area contributed by atoms with Gasteiger partial charge in [-0.05, 0) is 19.1 Å². The number of carbonyl (C=O) groups is 2. The first-order valence-electron chi connectivity index (χ1n) is 4.69. The molecule has 4 nitrogen and oxygen atoms in total. The van der Waals surface area contributed by atoms with Crippen molar-refractivity contribution in [2.75, 3.05) is 6.61 Å². The number of hydrogen-bond acceptors (Lipinski definition) is 4. The summed E-state index contributed by atoms with van der Waals surface area (Å²) in [6, 6.07) is 4.36. The predicted molar refractivity (Wildman–Crippen MR) is 58.6 cm³/mol. The van der Waals surface area contributed by atoms with Gasteiger partial charge in [-0.2, -0.15) is 0 Å². The van der Waals surface area contributed by atoms with Gasteiger partial charge in [0, 0.05) is 0 Å². The normalized spacial score (nSPS) is 9.56. The van der Waals surface area contributed by atoms with E-state index in [2.05, 4.69) is 6.58 Å². The van der Waals surface area contributed by atoms with E-state index in [1.54, 1.807) is 0 Å². The maximum atomic E-state index is 11.5. The van der Waals surface area contributed by atoms with Crippen molar-refractivity contribution in [3.05, 3.63) is 42.0 Å². The van der Waals surface area contributed by atoms with Gasteiger partial charge < -0.3 is 9.84 Å². The summed E-state index contributed by atoms with van der Waals surface area (Å²) in [6.07, 6.45) is 1.42. The highest BCUT2D eigenvalue weighted by Crippen LogP contribution is 2.23. The third-order valence-corrected chi connectivity index (χ3v) is 1.97. The number of Topliss-reactive ketones (excluding diaryl/α,β-unsaturated/α-hetero) is 1. The Morgan fingerprint density at radius 1 is 1.44 bits per heavy atom. The van der Waals surface area contributed by atoms with E-state index >= 15 is 0 Å². The molecule has 0 fully saturated rings. The summed E-state index contributed by atoms with van der Waals surface area (Å²) in [5.41, 5.74) is 0.0857. The Hall–Kier alpha value is -2.10. The standard InChI is InChI=1S/C12H12O4/c1-3-7-16-12(15)10-6-4-5-9(8(2)13)11(10)14/h3-6,14H,1,7H2,2H3. The fraction of sp³-hybridized carbons (Fsp3) is 0.167. The number of esters is 1. The maximum Gasteiger partial charge on any atom is 0.342 e. The fourth-order valence-electron chi connectivity index (χ4n) is 1.20. The van der Waals surface area contributed by atoms with Crippen molar-refractivity contribution in [2.45, 2.75) is 6.92 Å². The summed E-state index contributed by atoms with van der Waals surface area (Å²) in [7, 11) is 0. The number of phenols is 1. The van der Waals surface area contributed by atoms with Crippen molar-refractivity contribution in [2.24, 2.45) is 0 Å². The Balaban J connectivity index is 3.05. The lowest BCUT2D eigenvalue weighted by Crippen LogP contribution is -2.07. The van der Waals surface area contributed by atoms with Gasteiger partial charge in [0.2, 0.25) is 0 Å². The second kappa shape index (κ2) is 5.11. The number of hydrogen-bond donors (Lipinski definition) is 1. The van der Waals surface area contributed by atoms with Gasteiger partial charge in [0.05, 0.1) is 5.56 Å². The molecule has 0 aliphatic carbocycles. The summed E-state index contributed by atoms with van der Waals surface area (Å²) < 4.78 is 4.76. The van der Waals surface area contributed by atoms with Gasteiger partial charge in [-0.1, -0.05) is 18.7 Å². The molecule has 0 atom stereocenters. The molecule has 0 amide bonds. The average molecular weight is 220 g/mol. The highest BCUT2D eigenvalue weighted by Gasteiger charge is 2.16. The zero-order chi connectivity index (χ0) is 12.1. The summed E-state index contributed by atoms with van der Waals surface area (Å²) in [5.74, 6) is -1.33. The number of para-hydroxylation sites is 1. The molecule has 1 aromatic rings. The fourth-order valence-corrected chi connectivity index (χ4v) is 1.20. The van der Waals surface area contributed by atoms with Crippen LogP contribution in [0.25, 0.3) is 0 Å². The molecule has 4 heteroatoms. The Labute approximate surface area is 93.2 Å². The van der Waals surface area contributed by atoms with E-state index in [1.807, 2.05) is 0 Å². The third kappa shape index (κ3) is 2.48. The van der Waals surface area contributed by atoms with Crippen LogP contribution >= 0.6 is 0 Å². The van der Waals surface area contributed by atoms with Crippen LogP contribution in [-0.4, -0.2) is 23.5 Å². The summed E-state index contributed by atoms with van der Waals surface area (Å²) >= 11 is 0. The van der Waals surface area contributed by atoms with Crippen molar-refractivity contribution in [3.63, 3.8) is 0 Å². The molecule has 0 saturated carbocycles. The maximum absolute atomic E-state index is 11.5. The monoisotopic (exact) mass is 220 g/mol. The van der Waals surface area contributed by atoms with Crippen LogP contribution in [0.2, 0.25) is 0 Å². The molecule has 0 unspecified atom stereocenters. The van der Waals surface area contributed by atoms with Crippen molar-refractivity contribution in [3.8, 4) is 5.75 Å². The van der Waals surface area contributed by atoms with Crippen LogP contribution in [-0.2, 0) is 4.74 Å². The van der Waals surface area contributed by atoms with Crippen LogP contribution in [0.4, 0.5) is 0 Å². The van der Waals surface area contributed by atoms with Gasteiger partial charge in [-0.15, -0.1) is 0 Å². The van der Waals surface area contributed by atoms with Crippen LogP contribution in [0.5, 0.6) is 5.75 Å². The molecule has 16 heavy (non-hydrogen) atoms. The minimum absolute atomic E-state index is 0.0189. The third-order valence-electron chi connectivity index (χ3n) is 1.97. The molecular formula is C12H12O4. The predicted octanol–water partition coefficient (Wildman–Crippen LogP) is 1.94. The van der Waals surface area contributed by atoms with E-state index in [-0.39, 0.29) is 29.3 Å². The van der Waals surface area contributed by atoms with Gasteiger partial charge in [-0.3, -0.25) is 4.79 Å². The average Bonchev–Trinajstić information content (AvgIpc) is 2.25. The molecule has 1 N–H and O–H groups in total. The molecule has 0 spiro atoms. The van der Waals surface area contributed by atoms with Crippen LogP contribution in [0.1, 0.15) is 27.6 Å². The second-order valence-electron chi connectivity index (χ2n) is 3.15. The summed E-state index contributed by atoms with van der Waals surface area (Å²) in [6.45, 7) is 4.77. The van der Waals surface area contributed by atoms with E-state index in [4.69, 9.17) is 4.74 Å². The number of benzene rings is 1. The molecule has 0 saturated heterocycles. The number of aromatic hydroxyl groups is 1. The van der Waals surface area contributed by atoms with Gasteiger partial charge in [-0.25, -0.2) is 4.79 Å². The molecule has 0 radical (unpaired) electrons. The zero-order valence-corrected chi connectivity index (χ0v) is 8.90. The van der Waals surface area contributed by atoms with E-state index in [0.29, 0.717) is 0 Å². The highest BCUT2D eigenvalue weighted by molar-refractivity contribution is 6.02. The van der Waals surface area contributed by atoms with Crippen molar-refractivity contribution < 1.29 is 19.4 Å². The smallest absolute Gasteiger partial charge is 0.342 e. The van der Waals surface area contributed by atoms with Crippen LogP contribution < -0.4 is 0 Å². The minimum atomic E-state index is -0.680. The SMILES string of the molecule is C=CCOC(=O)c1cccc(C(C)=O)c1O. The zero-order valence-electron chi connectivity index (χ0n) is 8.90. The number of ketones is 1. The van der Waals surface area contributed by atoms with Gasteiger partial charge in [0.25, 0.3) is 0 Å². The van der Waals surface area contributed by atoms with Gasteiger partial charge in [0.15, 0.2) is 5.78 Å². The number of carbonyl (C=O) groups excluding carboxylic acids is 2. The molecule has 1 aromatic carbocycles. The minimum Gasteiger partial charge on any atom is -0.506 e. The molecule has 84 valence electrons. The van der Waals surface area contributed by atoms with E-state index < -0.39 is 5.97 Å². The first-order valence-corrected chi connectivity index (χ1v) is 4.69. The number of phenolic OH excluding ortho intramolecular Hbond substituents is 1. The summed E-state index contributed by atoms with van der Waals surface area (Å²) in [5, 5.41) is 9.68. The topological polar surface area (TPSA) is 63.6 Å². The Morgan fingerprint density at radius 3 is 2.62 bits per heavy atom. The molecular weight excluding hydrogens is 208 g/mol. The van der Waals surface area contributed by atoms with E-state index in [9.17, 15) is 14.7 Å². The lowest BCUT2D eigenvalue weighted by atomic mass is 10.1. The highest BCUT2D eigenvalue weighted by atomic mass is 16.5. The first-order chi connectivity index (χ1) is 7.57. The molecule has 1 rings (SSSR count). The number of ether oxygens (including phenoxy) is 1. The number of rotatable bonds is 4. The van der Waals surface area contributed by atoms with Crippen LogP contribution in [0, 0.1) is 0 Å². The Morgan fingerprint density at radius 2 is 2.06 bits per heavy atom. The molecule has 0 bridgehead atoms. The Bertz CT molecular complexity index is 435. The van der Waals surface area contributed by atoms with Gasteiger partial charge >= 0.3 is 5.97 Å². The lowest BCUT2D eigenvalue weighted by Gasteiger charge is -2.06. The second-order valence-corrected chi connectivity index (χ2v) is 3.15.